The number of nitrogens with zero attached hydrogens (tertiary/aromatic N) is 1. The van der Waals surface area contributed by atoms with Gasteiger partial charge in [0.05, 0.1) is 6.10 Å². The zero-order valence-corrected chi connectivity index (χ0v) is 11.3. The summed E-state index contributed by atoms with van der Waals surface area (Å²) >= 11 is 2.23. The molecule has 1 aliphatic rings. The second-order valence-corrected chi connectivity index (χ2v) is 5.27. The van der Waals surface area contributed by atoms with E-state index in [9.17, 15) is 9.90 Å². The summed E-state index contributed by atoms with van der Waals surface area (Å²) in [5, 5.41) is 9.42. The van der Waals surface area contributed by atoms with E-state index in [1.165, 1.54) is 0 Å². The predicted molar refractivity (Wildman–Crippen MR) is 70.4 cm³/mol. The fourth-order valence-corrected chi connectivity index (χ4v) is 2.43. The van der Waals surface area contributed by atoms with Gasteiger partial charge in [0.2, 0.25) is 0 Å². The van der Waals surface area contributed by atoms with Crippen molar-refractivity contribution >= 4 is 28.5 Å². The highest BCUT2D eigenvalue weighted by Gasteiger charge is 2.26. The smallest absolute Gasteiger partial charge is 0.254 e. The molecule has 0 unspecified atom stereocenters. The van der Waals surface area contributed by atoms with Crippen LogP contribution in [0.5, 0.6) is 0 Å². The number of aliphatic hydroxyl groups is 1. The van der Waals surface area contributed by atoms with E-state index in [-0.39, 0.29) is 12.0 Å². The Labute approximate surface area is 109 Å². The molecular weight excluding hydrogens is 317 g/mol. The van der Waals surface area contributed by atoms with Gasteiger partial charge in [-0.2, -0.15) is 0 Å². The molecule has 16 heavy (non-hydrogen) atoms. The molecule has 4 heteroatoms. The lowest BCUT2D eigenvalue weighted by atomic mass is 10.1. The first-order valence-electron chi connectivity index (χ1n) is 5.32. The minimum Gasteiger partial charge on any atom is -0.391 e. The standard InChI is InChI=1S/C12H14INO2/c1-8-10(3-2-4-11(8)13)12(16)14-6-5-9(15)7-14/h2-4,9,15H,5-7H2,1H3/t9-/m1/s1. The molecule has 0 spiro atoms. The third-order valence-corrected chi connectivity index (χ3v) is 4.12. The van der Waals surface area contributed by atoms with E-state index < -0.39 is 0 Å². The monoisotopic (exact) mass is 331 g/mol. The van der Waals surface area contributed by atoms with Gasteiger partial charge in [-0.15, -0.1) is 0 Å². The molecule has 1 aromatic rings. The van der Waals surface area contributed by atoms with Crippen molar-refractivity contribution in [2.75, 3.05) is 13.1 Å². The Morgan fingerprint density at radius 1 is 1.56 bits per heavy atom. The van der Waals surface area contributed by atoms with E-state index in [0.717, 1.165) is 14.7 Å². The zero-order chi connectivity index (χ0) is 11.7. The summed E-state index contributed by atoms with van der Waals surface area (Å²) in [5.74, 6) is 0.0348. The van der Waals surface area contributed by atoms with E-state index in [4.69, 9.17) is 0 Å². The number of amides is 1. The molecule has 0 aliphatic carbocycles. The highest BCUT2D eigenvalue weighted by molar-refractivity contribution is 14.1. The van der Waals surface area contributed by atoms with Gasteiger partial charge in [0.1, 0.15) is 0 Å². The van der Waals surface area contributed by atoms with Crippen molar-refractivity contribution in [3.05, 3.63) is 32.9 Å². The molecule has 3 nitrogen and oxygen atoms in total. The summed E-state index contributed by atoms with van der Waals surface area (Å²) in [6.45, 7) is 3.08. The van der Waals surface area contributed by atoms with Crippen LogP contribution >= 0.6 is 22.6 Å². The summed E-state index contributed by atoms with van der Waals surface area (Å²) in [4.78, 5) is 13.9. The first kappa shape index (κ1) is 11.9. The van der Waals surface area contributed by atoms with Crippen LogP contribution in [0.3, 0.4) is 0 Å². The number of benzene rings is 1. The van der Waals surface area contributed by atoms with Crippen molar-refractivity contribution in [2.45, 2.75) is 19.4 Å². The van der Waals surface area contributed by atoms with Crippen LogP contribution in [0.25, 0.3) is 0 Å². The first-order chi connectivity index (χ1) is 7.59. The molecule has 0 aromatic heterocycles. The largest absolute Gasteiger partial charge is 0.391 e. The summed E-state index contributed by atoms with van der Waals surface area (Å²) in [5.41, 5.74) is 1.77. The van der Waals surface area contributed by atoms with Crippen molar-refractivity contribution in [3.8, 4) is 0 Å². The van der Waals surface area contributed by atoms with E-state index >= 15 is 0 Å². The lowest BCUT2D eigenvalue weighted by molar-refractivity contribution is 0.0764. The van der Waals surface area contributed by atoms with E-state index in [2.05, 4.69) is 22.6 Å². The molecule has 1 amide bonds. The van der Waals surface area contributed by atoms with E-state index in [1.54, 1.807) is 4.90 Å². The lowest BCUT2D eigenvalue weighted by Crippen LogP contribution is -2.30. The van der Waals surface area contributed by atoms with Gasteiger partial charge >= 0.3 is 0 Å². The summed E-state index contributed by atoms with van der Waals surface area (Å²) < 4.78 is 1.10. The van der Waals surface area contributed by atoms with Crippen LogP contribution in [0.15, 0.2) is 18.2 Å². The Hall–Kier alpha value is -0.620. The van der Waals surface area contributed by atoms with Crippen molar-refractivity contribution in [1.82, 2.24) is 4.90 Å². The average molecular weight is 331 g/mol. The Bertz CT molecular complexity index is 419. The van der Waals surface area contributed by atoms with Crippen molar-refractivity contribution in [2.24, 2.45) is 0 Å². The van der Waals surface area contributed by atoms with Crippen LogP contribution in [0, 0.1) is 10.5 Å². The first-order valence-corrected chi connectivity index (χ1v) is 6.40. The molecule has 0 saturated carbocycles. The van der Waals surface area contributed by atoms with Crippen LogP contribution in [0.1, 0.15) is 22.3 Å². The second-order valence-electron chi connectivity index (χ2n) is 4.11. The Balaban J connectivity index is 2.24. The number of aliphatic hydroxyl groups excluding tert-OH is 1. The maximum atomic E-state index is 12.2. The molecule has 0 radical (unpaired) electrons. The molecule has 1 saturated heterocycles. The number of halogens is 1. The Morgan fingerprint density at radius 3 is 2.94 bits per heavy atom. The topological polar surface area (TPSA) is 40.5 Å². The molecular formula is C12H14INO2. The van der Waals surface area contributed by atoms with Gasteiger partial charge < -0.3 is 10.0 Å². The molecule has 1 aliphatic heterocycles. The van der Waals surface area contributed by atoms with Crippen LogP contribution < -0.4 is 0 Å². The SMILES string of the molecule is Cc1c(I)cccc1C(=O)N1CC[C@@H](O)C1. The number of likely N-dealkylation sites (tertiary alicyclic amines) is 1. The maximum Gasteiger partial charge on any atom is 0.254 e. The van der Waals surface area contributed by atoms with E-state index in [0.29, 0.717) is 19.5 Å². The van der Waals surface area contributed by atoms with Gasteiger partial charge in [0.25, 0.3) is 5.91 Å². The molecule has 1 aromatic carbocycles. The quantitative estimate of drug-likeness (QED) is 0.798. The highest BCUT2D eigenvalue weighted by atomic mass is 127. The van der Waals surface area contributed by atoms with Crippen LogP contribution in [0.2, 0.25) is 0 Å². The van der Waals surface area contributed by atoms with Gasteiger partial charge in [0.15, 0.2) is 0 Å². The fraction of sp³-hybridized carbons (Fsp3) is 0.417. The van der Waals surface area contributed by atoms with E-state index in [1.807, 2.05) is 25.1 Å². The van der Waals surface area contributed by atoms with Gasteiger partial charge in [-0.3, -0.25) is 4.79 Å². The predicted octanol–water partition coefficient (Wildman–Crippen LogP) is 1.81. The third-order valence-electron chi connectivity index (χ3n) is 2.95. The molecule has 0 bridgehead atoms. The molecule has 86 valence electrons. The van der Waals surface area contributed by atoms with Gasteiger partial charge in [-0.05, 0) is 53.6 Å². The number of hydrogen-bond donors (Lipinski definition) is 1. The lowest BCUT2D eigenvalue weighted by Gasteiger charge is -2.17. The molecule has 2 rings (SSSR count). The summed E-state index contributed by atoms with van der Waals surface area (Å²) in [6, 6.07) is 5.74. The number of rotatable bonds is 1. The average Bonchev–Trinajstić information content (AvgIpc) is 2.68. The van der Waals surface area contributed by atoms with Crippen molar-refractivity contribution in [1.29, 1.82) is 0 Å². The molecule has 1 heterocycles. The minimum atomic E-state index is -0.355. The van der Waals surface area contributed by atoms with Gasteiger partial charge in [-0.25, -0.2) is 0 Å². The molecule has 1 fully saturated rings. The molecule has 1 N–H and O–H groups in total. The van der Waals surface area contributed by atoms with Gasteiger partial charge in [0, 0.05) is 22.2 Å². The fourth-order valence-electron chi connectivity index (χ4n) is 1.94. The summed E-state index contributed by atoms with van der Waals surface area (Å²) in [7, 11) is 0. The second kappa shape index (κ2) is 4.71. The Morgan fingerprint density at radius 2 is 2.31 bits per heavy atom. The number of β-amino-alcohol motifs (C(OH)–C–C–N with tert-alkyl or cyclic N) is 1. The van der Waals surface area contributed by atoms with Gasteiger partial charge in [-0.1, -0.05) is 6.07 Å². The van der Waals surface area contributed by atoms with Crippen molar-refractivity contribution in [3.63, 3.8) is 0 Å². The number of carbonyl (C=O) groups is 1. The Kier molecular flexibility index (Phi) is 3.49. The zero-order valence-electron chi connectivity index (χ0n) is 9.11. The summed E-state index contributed by atoms with van der Waals surface area (Å²) in [6.07, 6.45) is 0.335. The normalized spacial score (nSPS) is 20.2. The van der Waals surface area contributed by atoms with Crippen molar-refractivity contribution < 1.29 is 9.90 Å². The molecule has 1 atom stereocenters. The van der Waals surface area contributed by atoms with Crippen LogP contribution in [-0.2, 0) is 0 Å². The minimum absolute atomic E-state index is 0.0348. The third kappa shape index (κ3) is 2.22. The maximum absolute atomic E-state index is 12.2. The number of carbonyl (C=O) groups excluding carboxylic acids is 1. The highest BCUT2D eigenvalue weighted by Crippen LogP contribution is 2.19. The number of hydrogen-bond acceptors (Lipinski definition) is 2. The van der Waals surface area contributed by atoms with Crippen LogP contribution in [0.4, 0.5) is 0 Å². The van der Waals surface area contributed by atoms with Crippen LogP contribution in [-0.4, -0.2) is 35.1 Å².